The largest absolute Gasteiger partial charge is 0.312 e. The van der Waals surface area contributed by atoms with Gasteiger partial charge in [-0.15, -0.1) is 0 Å². The molecular weight excluding hydrogens is 394 g/mol. The van der Waals surface area contributed by atoms with E-state index >= 15 is 0 Å². The molecule has 0 radical (unpaired) electrons. The number of sulfonamides is 1. The zero-order valence-corrected chi connectivity index (χ0v) is 17.5. The number of amides is 2. The van der Waals surface area contributed by atoms with Crippen molar-refractivity contribution < 1.29 is 18.0 Å². The van der Waals surface area contributed by atoms with Gasteiger partial charge in [-0.2, -0.15) is 9.40 Å². The summed E-state index contributed by atoms with van der Waals surface area (Å²) in [5, 5.41) is 6.82. The van der Waals surface area contributed by atoms with Crippen molar-refractivity contribution in [3.8, 4) is 0 Å². The van der Waals surface area contributed by atoms with Crippen molar-refractivity contribution in [3.63, 3.8) is 0 Å². The highest BCUT2D eigenvalue weighted by Crippen LogP contribution is 2.27. The Balaban J connectivity index is 1.71. The summed E-state index contributed by atoms with van der Waals surface area (Å²) in [7, 11) is -1.80. The molecule has 1 N–H and O–H groups in total. The van der Waals surface area contributed by atoms with Gasteiger partial charge in [0.2, 0.25) is 21.8 Å². The van der Waals surface area contributed by atoms with Crippen LogP contribution in [-0.4, -0.2) is 54.0 Å². The lowest BCUT2D eigenvalue weighted by molar-refractivity contribution is -0.122. The normalized spacial score (nSPS) is 17.2. The first kappa shape index (κ1) is 21.0. The van der Waals surface area contributed by atoms with Crippen molar-refractivity contribution in [1.82, 2.24) is 14.1 Å². The number of nitrogens with one attached hydrogen (secondary N) is 1. The van der Waals surface area contributed by atoms with Crippen LogP contribution < -0.4 is 10.2 Å². The monoisotopic (exact) mass is 419 g/mol. The Morgan fingerprint density at radius 2 is 1.86 bits per heavy atom. The van der Waals surface area contributed by atoms with E-state index in [1.165, 1.54) is 21.3 Å². The van der Waals surface area contributed by atoms with Crippen molar-refractivity contribution in [1.29, 1.82) is 0 Å². The molecule has 156 valence electrons. The molecule has 2 amide bonds. The predicted molar refractivity (Wildman–Crippen MR) is 109 cm³/mol. The molecule has 2 heterocycles. The highest BCUT2D eigenvalue weighted by atomic mass is 32.2. The molecule has 3 rings (SSSR count). The van der Waals surface area contributed by atoms with Gasteiger partial charge in [0.25, 0.3) is 0 Å². The molecule has 1 atom stereocenters. The number of nitrogens with zero attached hydrogens (tertiary/aromatic N) is 4. The average molecular weight is 420 g/mol. The first-order chi connectivity index (χ1) is 13.8. The number of carbonyl (C=O) groups excluding carboxylic acids is 2. The van der Waals surface area contributed by atoms with Gasteiger partial charge in [0.05, 0.1) is 10.8 Å². The average Bonchev–Trinajstić information content (AvgIpc) is 3.28. The Hall–Kier alpha value is -2.72. The Labute approximate surface area is 170 Å². The number of aromatic nitrogens is 2. The van der Waals surface area contributed by atoms with Crippen LogP contribution in [0.15, 0.2) is 41.4 Å². The van der Waals surface area contributed by atoms with Gasteiger partial charge in [0.1, 0.15) is 0 Å². The van der Waals surface area contributed by atoms with Crippen LogP contribution in [0.1, 0.15) is 20.3 Å². The predicted octanol–water partition coefficient (Wildman–Crippen LogP) is 1.44. The molecule has 0 saturated carbocycles. The molecule has 1 aliphatic heterocycles. The highest BCUT2D eigenvalue weighted by molar-refractivity contribution is 7.89. The number of aryl methyl sites for hydroxylation is 1. The molecule has 0 spiro atoms. The molecule has 1 saturated heterocycles. The molecule has 9 nitrogen and oxygen atoms in total. The van der Waals surface area contributed by atoms with Crippen LogP contribution in [0.2, 0.25) is 0 Å². The van der Waals surface area contributed by atoms with E-state index in [-0.39, 0.29) is 29.7 Å². The van der Waals surface area contributed by atoms with Crippen LogP contribution in [0, 0.1) is 5.92 Å². The SMILES string of the molecule is CCN(CC)S(=O)(=O)c1ccc(N2C[C@@H](C(=O)Nc3ccn(C)n3)CC2=O)cc1. The summed E-state index contributed by atoms with van der Waals surface area (Å²) in [6, 6.07) is 7.89. The van der Waals surface area contributed by atoms with Crippen LogP contribution in [-0.2, 0) is 26.7 Å². The summed E-state index contributed by atoms with van der Waals surface area (Å²) < 4.78 is 28.1. The lowest BCUT2D eigenvalue weighted by atomic mass is 10.1. The Kier molecular flexibility index (Phi) is 6.04. The summed E-state index contributed by atoms with van der Waals surface area (Å²) in [6.45, 7) is 4.58. The quantitative estimate of drug-likeness (QED) is 0.731. The van der Waals surface area contributed by atoms with Crippen LogP contribution >= 0.6 is 0 Å². The van der Waals surface area contributed by atoms with Gasteiger partial charge >= 0.3 is 0 Å². The number of carbonyl (C=O) groups is 2. The molecule has 10 heteroatoms. The Bertz CT molecular complexity index is 996. The van der Waals surface area contributed by atoms with E-state index < -0.39 is 15.9 Å². The molecule has 0 aliphatic carbocycles. The van der Waals surface area contributed by atoms with Gasteiger partial charge in [0, 0.05) is 51.1 Å². The molecule has 1 fully saturated rings. The first-order valence-corrected chi connectivity index (χ1v) is 10.9. The van der Waals surface area contributed by atoms with E-state index in [0.717, 1.165) is 0 Å². The van der Waals surface area contributed by atoms with Crippen molar-refractivity contribution in [3.05, 3.63) is 36.5 Å². The standard InChI is InChI=1S/C19H25N5O4S/c1-4-23(5-2)29(27,28)16-8-6-15(7-9-16)24-13-14(12-18(24)25)19(26)20-17-10-11-22(3)21-17/h6-11,14H,4-5,12-13H2,1-3H3,(H,20,21,26)/t14-/m0/s1. The van der Waals surface area contributed by atoms with E-state index in [1.54, 1.807) is 50.0 Å². The van der Waals surface area contributed by atoms with Gasteiger partial charge in [0.15, 0.2) is 5.82 Å². The second-order valence-corrected chi connectivity index (χ2v) is 8.79. The fourth-order valence-corrected chi connectivity index (χ4v) is 4.81. The molecule has 0 unspecified atom stereocenters. The topological polar surface area (TPSA) is 105 Å². The highest BCUT2D eigenvalue weighted by Gasteiger charge is 2.35. The van der Waals surface area contributed by atoms with Crippen molar-refractivity contribution in [2.45, 2.75) is 25.2 Å². The molecule has 1 aromatic heterocycles. The third-order valence-electron chi connectivity index (χ3n) is 4.95. The number of benzene rings is 1. The number of anilines is 2. The number of rotatable bonds is 7. The second kappa shape index (κ2) is 8.34. The minimum Gasteiger partial charge on any atom is -0.312 e. The first-order valence-electron chi connectivity index (χ1n) is 9.47. The summed E-state index contributed by atoms with van der Waals surface area (Å²) in [5.41, 5.74) is 0.571. The Morgan fingerprint density at radius 1 is 1.21 bits per heavy atom. The molecule has 0 bridgehead atoms. The maximum atomic E-state index is 12.6. The van der Waals surface area contributed by atoms with Gasteiger partial charge in [-0.3, -0.25) is 14.3 Å². The van der Waals surface area contributed by atoms with E-state index in [0.29, 0.717) is 24.6 Å². The van der Waals surface area contributed by atoms with Gasteiger partial charge in [-0.05, 0) is 24.3 Å². The third kappa shape index (κ3) is 4.33. The van der Waals surface area contributed by atoms with Gasteiger partial charge in [-0.1, -0.05) is 13.8 Å². The second-order valence-electron chi connectivity index (χ2n) is 6.85. The zero-order valence-electron chi connectivity index (χ0n) is 16.7. The Morgan fingerprint density at radius 3 is 2.41 bits per heavy atom. The molecule has 1 aliphatic rings. The van der Waals surface area contributed by atoms with Crippen molar-refractivity contribution in [2.24, 2.45) is 13.0 Å². The van der Waals surface area contributed by atoms with Crippen LogP contribution in [0.5, 0.6) is 0 Å². The smallest absolute Gasteiger partial charge is 0.243 e. The van der Waals surface area contributed by atoms with E-state index in [2.05, 4.69) is 10.4 Å². The van der Waals surface area contributed by atoms with Crippen LogP contribution in [0.3, 0.4) is 0 Å². The summed E-state index contributed by atoms with van der Waals surface area (Å²) in [4.78, 5) is 26.6. The fourth-order valence-electron chi connectivity index (χ4n) is 3.35. The third-order valence-corrected chi connectivity index (χ3v) is 7.02. The molecule has 2 aromatic rings. The van der Waals surface area contributed by atoms with Crippen LogP contribution in [0.25, 0.3) is 0 Å². The molecule has 29 heavy (non-hydrogen) atoms. The summed E-state index contributed by atoms with van der Waals surface area (Å²) in [6.07, 6.45) is 1.81. The van der Waals surface area contributed by atoms with E-state index in [9.17, 15) is 18.0 Å². The maximum absolute atomic E-state index is 12.6. The summed E-state index contributed by atoms with van der Waals surface area (Å²) >= 11 is 0. The van der Waals surface area contributed by atoms with Crippen LogP contribution in [0.4, 0.5) is 11.5 Å². The molecule has 1 aromatic carbocycles. The fraction of sp³-hybridized carbons (Fsp3) is 0.421. The maximum Gasteiger partial charge on any atom is 0.243 e. The summed E-state index contributed by atoms with van der Waals surface area (Å²) in [5.74, 6) is -0.497. The van der Waals surface area contributed by atoms with Crippen molar-refractivity contribution >= 4 is 33.3 Å². The zero-order chi connectivity index (χ0) is 21.2. The number of hydrogen-bond donors (Lipinski definition) is 1. The minimum absolute atomic E-state index is 0.0954. The van der Waals surface area contributed by atoms with Crippen molar-refractivity contribution in [2.75, 3.05) is 29.9 Å². The molecular formula is C19H25N5O4S. The van der Waals surface area contributed by atoms with Gasteiger partial charge < -0.3 is 10.2 Å². The minimum atomic E-state index is -3.55. The number of hydrogen-bond acceptors (Lipinski definition) is 5. The van der Waals surface area contributed by atoms with E-state index in [1.807, 2.05) is 0 Å². The lowest BCUT2D eigenvalue weighted by Crippen LogP contribution is -2.31. The van der Waals surface area contributed by atoms with E-state index in [4.69, 9.17) is 0 Å². The lowest BCUT2D eigenvalue weighted by Gasteiger charge is -2.20. The van der Waals surface area contributed by atoms with Gasteiger partial charge in [-0.25, -0.2) is 8.42 Å².